The Kier molecular flexibility index (Phi) is 71.3. The van der Waals surface area contributed by atoms with Crippen LogP contribution in [0.2, 0.25) is 6.04 Å². The second-order valence-corrected chi connectivity index (χ2v) is 12.7. The van der Waals surface area contributed by atoms with E-state index in [1.807, 2.05) is 27.7 Å². The molecule has 2 rings (SSSR count). The predicted molar refractivity (Wildman–Crippen MR) is 259 cm³/mol. The first kappa shape index (κ1) is 71.7. The molecular weight excluding hydrogens is 777 g/mol. The molecule has 0 spiro atoms. The van der Waals surface area contributed by atoms with Gasteiger partial charge in [-0.15, -0.1) is 78.9 Å². The minimum atomic E-state index is -2.69. The Labute approximate surface area is 365 Å². The van der Waals surface area contributed by atoms with Crippen LogP contribution in [0.1, 0.15) is 82.5 Å². The first-order valence-electron chi connectivity index (χ1n) is 18.2. The molecule has 0 saturated carbocycles. The zero-order valence-electron chi connectivity index (χ0n) is 38.1. The maximum atomic E-state index is 12.2. The van der Waals surface area contributed by atoms with Crippen molar-refractivity contribution < 1.29 is 46.7 Å². The minimum absolute atomic E-state index is 0.0694. The first-order valence-corrected chi connectivity index (χ1v) is 20.1. The highest BCUT2D eigenvalue weighted by molar-refractivity contribution is 6.60. The molecule has 0 aliphatic heterocycles. The third-order valence-corrected chi connectivity index (χ3v) is 8.18. The van der Waals surface area contributed by atoms with Gasteiger partial charge in [-0.05, 0) is 59.2 Å². The fraction of sp³-hybridized carbons (Fsp3) is 0.265. The van der Waals surface area contributed by atoms with E-state index in [1.54, 1.807) is 60.7 Å². The lowest BCUT2D eigenvalue weighted by Crippen LogP contribution is -2.42. The fourth-order valence-corrected chi connectivity index (χ4v) is 5.01. The highest BCUT2D eigenvalue weighted by atomic mass is 28.4. The molecule has 0 fully saturated rings. The number of ether oxygens (including phenoxy) is 3. The Bertz CT molecular complexity index is 1370. The zero-order valence-corrected chi connectivity index (χ0v) is 39.1. The van der Waals surface area contributed by atoms with Crippen molar-refractivity contribution in [3.05, 3.63) is 199 Å². The molecule has 11 heteroatoms. The minimum Gasteiger partial charge on any atom is -0.462 e. The van der Waals surface area contributed by atoms with Gasteiger partial charge in [-0.1, -0.05) is 79.9 Å². The van der Waals surface area contributed by atoms with E-state index in [0.717, 1.165) is 0 Å². The van der Waals surface area contributed by atoms with Crippen LogP contribution in [0.5, 0.6) is 0 Å². The van der Waals surface area contributed by atoms with Crippen LogP contribution in [0.15, 0.2) is 177 Å². The summed E-state index contributed by atoms with van der Waals surface area (Å²) in [5.74, 6) is -1.84. The molecule has 60 heavy (non-hydrogen) atoms. The molecule has 0 aliphatic rings. The zero-order chi connectivity index (χ0) is 48.8. The first-order chi connectivity index (χ1) is 28.9. The SMILES string of the molecule is C=C.C=C.C=C.C=C.C=CC.C=CC.C=CC.C=CC.C=CCOC(=O)c1ccccc1C(=O)OCCC[Si](OC)(OC)OC.C=CCOC(=O)c1ccccc1C(C)=O. The number of Topliss-reactive ketones (excluding diaryl/α,β-unsaturated/α-hetero) is 1. The molecule has 2 aromatic rings. The lowest BCUT2D eigenvalue weighted by Gasteiger charge is -2.24. The van der Waals surface area contributed by atoms with Crippen molar-refractivity contribution in [3.8, 4) is 0 Å². The molecule has 0 saturated heterocycles. The van der Waals surface area contributed by atoms with E-state index in [1.165, 1.54) is 52.5 Å². The van der Waals surface area contributed by atoms with Crippen molar-refractivity contribution in [2.24, 2.45) is 0 Å². The summed E-state index contributed by atoms with van der Waals surface area (Å²) in [6, 6.07) is 13.4. The summed E-state index contributed by atoms with van der Waals surface area (Å²) in [6.45, 7) is 53.7. The van der Waals surface area contributed by atoms with Crippen LogP contribution in [-0.2, 0) is 27.5 Å². The standard InChI is InChI=1S/C17H24O7Si.C12H12O3.4C3H6.4C2H4/c1-5-11-23-16(18)14-9-6-7-10-15(14)17(19)24-12-8-13-25(20-2,21-3)22-4;1-3-8-15-12(14)11-7-5-4-6-10(11)9(2)13;4*1-3-2;4*1-2/h5-7,9-10H,1,8,11-13H2,2-4H3;3-7H,1,8H2,2H3;4*3H,1H2,2H3;4*1-2H2. The van der Waals surface area contributed by atoms with E-state index in [4.69, 9.17) is 27.5 Å². The van der Waals surface area contributed by atoms with E-state index in [9.17, 15) is 19.2 Å². The predicted octanol–water partition coefficient (Wildman–Crippen LogP) is 12.7. The lowest BCUT2D eigenvalue weighted by atomic mass is 10.0. The number of esters is 3. The van der Waals surface area contributed by atoms with Crippen molar-refractivity contribution in [3.63, 3.8) is 0 Å². The smallest absolute Gasteiger partial charge is 0.462 e. The number of ketones is 1. The number of hydrogen-bond donors (Lipinski definition) is 0. The van der Waals surface area contributed by atoms with Crippen molar-refractivity contribution in [1.29, 1.82) is 0 Å². The highest BCUT2D eigenvalue weighted by Gasteiger charge is 2.37. The third-order valence-electron chi connectivity index (χ3n) is 5.35. The van der Waals surface area contributed by atoms with E-state index in [-0.39, 0.29) is 36.7 Å². The molecular formula is C49H76O10Si. The Morgan fingerprint density at radius 2 is 0.750 bits per heavy atom. The number of carbonyl (C=O) groups excluding carboxylic acids is 4. The summed E-state index contributed by atoms with van der Waals surface area (Å²) >= 11 is 0. The molecule has 0 N–H and O–H groups in total. The fourth-order valence-electron chi connectivity index (χ4n) is 3.32. The van der Waals surface area contributed by atoms with Gasteiger partial charge >= 0.3 is 26.7 Å². The molecule has 0 unspecified atom stereocenters. The number of benzene rings is 2. The van der Waals surface area contributed by atoms with Crippen molar-refractivity contribution in [2.45, 2.75) is 47.1 Å². The van der Waals surface area contributed by atoms with E-state index in [0.29, 0.717) is 23.6 Å². The Hall–Kier alpha value is -5.98. The highest BCUT2D eigenvalue weighted by Crippen LogP contribution is 2.16. The second-order valence-electron chi connectivity index (χ2n) is 9.59. The summed E-state index contributed by atoms with van der Waals surface area (Å²) in [7, 11) is 1.89. The molecule has 0 atom stereocenters. The monoisotopic (exact) mass is 853 g/mol. The van der Waals surface area contributed by atoms with Gasteiger partial charge in [-0.25, -0.2) is 14.4 Å². The van der Waals surface area contributed by atoms with Crippen LogP contribution in [-0.4, -0.2) is 73.6 Å². The Balaban J connectivity index is -0.000000109. The van der Waals surface area contributed by atoms with E-state index < -0.39 is 26.7 Å². The summed E-state index contributed by atoms with van der Waals surface area (Å²) in [6.07, 6.45) is 10.4. The maximum absolute atomic E-state index is 12.2. The van der Waals surface area contributed by atoms with Crippen LogP contribution >= 0.6 is 0 Å². The van der Waals surface area contributed by atoms with Crippen LogP contribution < -0.4 is 0 Å². The van der Waals surface area contributed by atoms with Crippen LogP contribution in [0.25, 0.3) is 0 Å². The summed E-state index contributed by atoms with van der Waals surface area (Å²) in [5.41, 5.74) is 0.993. The van der Waals surface area contributed by atoms with Crippen LogP contribution in [0.3, 0.4) is 0 Å². The lowest BCUT2D eigenvalue weighted by molar-refractivity contribution is 0.0467. The number of hydrogen-bond acceptors (Lipinski definition) is 10. The Morgan fingerprint density at radius 1 is 0.500 bits per heavy atom. The molecule has 0 bridgehead atoms. The van der Waals surface area contributed by atoms with Gasteiger partial charge in [0, 0.05) is 32.9 Å². The topological polar surface area (TPSA) is 124 Å². The number of rotatable bonds is 15. The molecule has 10 nitrogen and oxygen atoms in total. The molecule has 0 radical (unpaired) electrons. The van der Waals surface area contributed by atoms with Crippen molar-refractivity contribution in [1.82, 2.24) is 0 Å². The quantitative estimate of drug-likeness (QED) is 0.0427. The Morgan fingerprint density at radius 3 is 1.00 bits per heavy atom. The van der Waals surface area contributed by atoms with Crippen LogP contribution in [0, 0.1) is 0 Å². The maximum Gasteiger partial charge on any atom is 0.500 e. The van der Waals surface area contributed by atoms with Crippen molar-refractivity contribution in [2.75, 3.05) is 41.2 Å². The second kappa shape index (κ2) is 59.7. The van der Waals surface area contributed by atoms with Gasteiger partial charge in [-0.3, -0.25) is 4.79 Å². The van der Waals surface area contributed by atoms with Gasteiger partial charge in [0.05, 0.1) is 23.3 Å². The van der Waals surface area contributed by atoms with Crippen molar-refractivity contribution >= 4 is 32.5 Å². The largest absolute Gasteiger partial charge is 0.500 e. The van der Waals surface area contributed by atoms with Gasteiger partial charge in [0.15, 0.2) is 5.78 Å². The summed E-state index contributed by atoms with van der Waals surface area (Å²) in [5, 5.41) is 0. The molecule has 2 aromatic carbocycles. The average Bonchev–Trinajstić information content (AvgIpc) is 3.29. The molecule has 0 heterocycles. The van der Waals surface area contributed by atoms with Gasteiger partial charge < -0.3 is 27.5 Å². The number of carbonyl (C=O) groups is 4. The van der Waals surface area contributed by atoms with Gasteiger partial charge in [0.2, 0.25) is 0 Å². The van der Waals surface area contributed by atoms with E-state index in [2.05, 4.69) is 92.1 Å². The normalized spacial score (nSPS) is 8.07. The molecule has 0 amide bonds. The summed E-state index contributed by atoms with van der Waals surface area (Å²) in [4.78, 5) is 47.0. The number of allylic oxidation sites excluding steroid dienone is 4. The van der Waals surface area contributed by atoms with Crippen LogP contribution in [0.4, 0.5) is 0 Å². The molecule has 0 aliphatic carbocycles. The van der Waals surface area contributed by atoms with E-state index >= 15 is 0 Å². The molecule has 336 valence electrons. The molecule has 0 aromatic heterocycles. The van der Waals surface area contributed by atoms with Gasteiger partial charge in [0.1, 0.15) is 13.2 Å². The average molecular weight is 853 g/mol. The van der Waals surface area contributed by atoms with Gasteiger partial charge in [-0.2, -0.15) is 0 Å². The third kappa shape index (κ3) is 41.6. The summed E-state index contributed by atoms with van der Waals surface area (Å²) < 4.78 is 31.0. The van der Waals surface area contributed by atoms with Gasteiger partial charge in [0.25, 0.3) is 0 Å².